The van der Waals surface area contributed by atoms with Crippen LogP contribution in [0.2, 0.25) is 0 Å². The number of nitrogens with zero attached hydrogens (tertiary/aromatic N) is 2. The number of hydrogen-bond donors (Lipinski definition) is 0. The van der Waals surface area contributed by atoms with Gasteiger partial charge in [-0.3, -0.25) is 0 Å². The lowest BCUT2D eigenvalue weighted by molar-refractivity contribution is 0.461. The van der Waals surface area contributed by atoms with E-state index < -0.39 is 0 Å². The normalized spacial score (nSPS) is 11.6. The molecular weight excluding hydrogens is 236 g/mol. The maximum atomic E-state index is 8.98. The van der Waals surface area contributed by atoms with Crippen LogP contribution >= 0.6 is 0 Å². The molecule has 0 aliphatic heterocycles. The molecule has 3 nitrogen and oxygen atoms in total. The number of nitriles is 1. The molecule has 0 N–H and O–H groups in total. The second-order valence-electron chi connectivity index (χ2n) is 4.45. The molecule has 2 rings (SSSR count). The zero-order valence-corrected chi connectivity index (χ0v) is 11.1. The second kappa shape index (κ2) is 6.01. The Balaban J connectivity index is 2.18. The van der Waals surface area contributed by atoms with Crippen LogP contribution in [0.1, 0.15) is 37.3 Å². The fraction of sp³-hybridized carbons (Fsp3) is 0.250. The molecule has 1 unspecified atom stereocenters. The molecular formula is C16H16N2O. The molecule has 1 aromatic heterocycles. The maximum Gasteiger partial charge on any atom is 0.237 e. The van der Waals surface area contributed by atoms with E-state index >= 15 is 0 Å². The van der Waals surface area contributed by atoms with Crippen LogP contribution in [-0.2, 0) is 0 Å². The summed E-state index contributed by atoms with van der Waals surface area (Å²) in [6.45, 7) is 4.37. The molecule has 3 heteroatoms. The molecule has 2 aromatic rings. The Morgan fingerprint density at radius 1 is 1.26 bits per heavy atom. The Bertz CT molecular complexity index is 584. The van der Waals surface area contributed by atoms with Gasteiger partial charge in [0, 0.05) is 6.20 Å². The Hall–Kier alpha value is -2.34. The summed E-state index contributed by atoms with van der Waals surface area (Å²) in [4.78, 5) is 4.07. The average Bonchev–Trinajstić information content (AvgIpc) is 2.48. The number of rotatable bonds is 4. The Labute approximate surface area is 113 Å². The molecule has 0 amide bonds. The van der Waals surface area contributed by atoms with Crippen LogP contribution < -0.4 is 4.74 Å². The van der Waals surface area contributed by atoms with Crippen LogP contribution in [-0.4, -0.2) is 4.98 Å². The SMILES string of the molecule is CCC(C)c1ccc(Oc2ncccc2C#N)cc1. The Kier molecular flexibility index (Phi) is 4.15. The van der Waals surface area contributed by atoms with E-state index in [1.54, 1.807) is 18.3 Å². The van der Waals surface area contributed by atoms with Gasteiger partial charge in [-0.2, -0.15) is 5.26 Å². The summed E-state index contributed by atoms with van der Waals surface area (Å²) in [6.07, 6.45) is 2.72. The largest absolute Gasteiger partial charge is 0.438 e. The predicted octanol–water partition coefficient (Wildman–Crippen LogP) is 4.26. The highest BCUT2D eigenvalue weighted by Crippen LogP contribution is 2.25. The van der Waals surface area contributed by atoms with E-state index in [0.29, 0.717) is 23.1 Å². The van der Waals surface area contributed by atoms with Crippen molar-refractivity contribution in [3.05, 3.63) is 53.7 Å². The van der Waals surface area contributed by atoms with Crippen molar-refractivity contribution in [2.24, 2.45) is 0 Å². The number of pyridine rings is 1. The fourth-order valence-electron chi connectivity index (χ4n) is 1.77. The zero-order chi connectivity index (χ0) is 13.7. The van der Waals surface area contributed by atoms with Gasteiger partial charge in [-0.05, 0) is 42.2 Å². The summed E-state index contributed by atoms with van der Waals surface area (Å²) in [7, 11) is 0. The van der Waals surface area contributed by atoms with Crippen LogP contribution in [0.15, 0.2) is 42.6 Å². The van der Waals surface area contributed by atoms with Crippen molar-refractivity contribution in [2.75, 3.05) is 0 Å². The van der Waals surface area contributed by atoms with Crippen molar-refractivity contribution in [3.63, 3.8) is 0 Å². The van der Waals surface area contributed by atoms with Gasteiger partial charge in [0.1, 0.15) is 17.4 Å². The highest BCUT2D eigenvalue weighted by Gasteiger charge is 2.06. The standard InChI is InChI=1S/C16H16N2O/c1-3-12(2)13-6-8-15(9-7-13)19-16-14(11-17)5-4-10-18-16/h4-10,12H,3H2,1-2H3. The smallest absolute Gasteiger partial charge is 0.237 e. The van der Waals surface area contributed by atoms with Gasteiger partial charge in [0.25, 0.3) is 0 Å². The number of hydrogen-bond acceptors (Lipinski definition) is 3. The molecule has 0 saturated heterocycles. The summed E-state index contributed by atoms with van der Waals surface area (Å²) >= 11 is 0. The molecule has 0 aliphatic rings. The van der Waals surface area contributed by atoms with Crippen LogP contribution in [0.5, 0.6) is 11.6 Å². The van der Waals surface area contributed by atoms with E-state index in [2.05, 4.69) is 37.0 Å². The van der Waals surface area contributed by atoms with E-state index in [1.807, 2.05) is 12.1 Å². The first kappa shape index (κ1) is 13.1. The molecule has 0 fully saturated rings. The molecule has 0 saturated carbocycles. The minimum absolute atomic E-state index is 0.348. The quantitative estimate of drug-likeness (QED) is 0.816. The molecule has 19 heavy (non-hydrogen) atoms. The topological polar surface area (TPSA) is 45.9 Å². The number of benzene rings is 1. The minimum atomic E-state index is 0.348. The molecule has 1 atom stereocenters. The molecule has 96 valence electrons. The lowest BCUT2D eigenvalue weighted by Gasteiger charge is -2.10. The van der Waals surface area contributed by atoms with Gasteiger partial charge >= 0.3 is 0 Å². The van der Waals surface area contributed by atoms with E-state index in [4.69, 9.17) is 10.00 Å². The van der Waals surface area contributed by atoms with Gasteiger partial charge in [-0.25, -0.2) is 4.98 Å². The predicted molar refractivity (Wildman–Crippen MR) is 74.2 cm³/mol. The Morgan fingerprint density at radius 3 is 2.63 bits per heavy atom. The average molecular weight is 252 g/mol. The summed E-state index contributed by atoms with van der Waals surface area (Å²) < 4.78 is 5.64. The van der Waals surface area contributed by atoms with Crippen molar-refractivity contribution < 1.29 is 4.74 Å². The first-order valence-electron chi connectivity index (χ1n) is 6.37. The summed E-state index contributed by atoms with van der Waals surface area (Å²) in [6, 6.07) is 13.4. The molecule has 0 bridgehead atoms. The van der Waals surface area contributed by atoms with E-state index in [-0.39, 0.29) is 0 Å². The van der Waals surface area contributed by atoms with E-state index in [1.165, 1.54) is 5.56 Å². The van der Waals surface area contributed by atoms with Crippen molar-refractivity contribution in [3.8, 4) is 17.7 Å². The van der Waals surface area contributed by atoms with Crippen LogP contribution in [0.25, 0.3) is 0 Å². The third-order valence-corrected chi connectivity index (χ3v) is 3.17. The second-order valence-corrected chi connectivity index (χ2v) is 4.45. The van der Waals surface area contributed by atoms with Crippen LogP contribution in [0.4, 0.5) is 0 Å². The molecule has 0 aliphatic carbocycles. The van der Waals surface area contributed by atoms with Gasteiger partial charge in [0.2, 0.25) is 5.88 Å². The molecule has 0 spiro atoms. The molecule has 1 aromatic carbocycles. The summed E-state index contributed by atoms with van der Waals surface area (Å²) in [5.41, 5.74) is 1.73. The van der Waals surface area contributed by atoms with Gasteiger partial charge in [-0.15, -0.1) is 0 Å². The van der Waals surface area contributed by atoms with Crippen molar-refractivity contribution in [2.45, 2.75) is 26.2 Å². The minimum Gasteiger partial charge on any atom is -0.438 e. The molecule has 1 heterocycles. The lowest BCUT2D eigenvalue weighted by Crippen LogP contribution is -1.93. The highest BCUT2D eigenvalue weighted by atomic mass is 16.5. The summed E-state index contributed by atoms with van der Waals surface area (Å²) in [5, 5.41) is 8.98. The van der Waals surface area contributed by atoms with Crippen LogP contribution in [0, 0.1) is 11.3 Å². The lowest BCUT2D eigenvalue weighted by atomic mass is 9.99. The maximum absolute atomic E-state index is 8.98. The van der Waals surface area contributed by atoms with E-state index in [0.717, 1.165) is 6.42 Å². The van der Waals surface area contributed by atoms with Gasteiger partial charge < -0.3 is 4.74 Å². The van der Waals surface area contributed by atoms with Crippen molar-refractivity contribution in [1.29, 1.82) is 5.26 Å². The molecule has 0 radical (unpaired) electrons. The number of aromatic nitrogens is 1. The number of ether oxygens (including phenoxy) is 1. The third-order valence-electron chi connectivity index (χ3n) is 3.17. The van der Waals surface area contributed by atoms with Crippen molar-refractivity contribution >= 4 is 0 Å². The van der Waals surface area contributed by atoms with E-state index in [9.17, 15) is 0 Å². The van der Waals surface area contributed by atoms with Crippen molar-refractivity contribution in [1.82, 2.24) is 4.98 Å². The van der Waals surface area contributed by atoms with Gasteiger partial charge in [0.05, 0.1) is 0 Å². The fourth-order valence-corrected chi connectivity index (χ4v) is 1.77. The van der Waals surface area contributed by atoms with Gasteiger partial charge in [-0.1, -0.05) is 26.0 Å². The van der Waals surface area contributed by atoms with Crippen LogP contribution in [0.3, 0.4) is 0 Å². The first-order chi connectivity index (χ1) is 9.24. The highest BCUT2D eigenvalue weighted by molar-refractivity contribution is 5.40. The Morgan fingerprint density at radius 2 is 2.00 bits per heavy atom. The monoisotopic (exact) mass is 252 g/mol. The first-order valence-corrected chi connectivity index (χ1v) is 6.37. The summed E-state index contributed by atoms with van der Waals surface area (Å²) in [5.74, 6) is 1.59. The zero-order valence-electron chi connectivity index (χ0n) is 11.1. The third kappa shape index (κ3) is 3.11. The van der Waals surface area contributed by atoms with Gasteiger partial charge in [0.15, 0.2) is 0 Å².